The molecule has 0 unspecified atom stereocenters. The molecule has 0 spiro atoms. The number of fused-ring (bicyclic) bond motifs is 1. The normalized spacial score (nSPS) is 12.0. The number of nitrogens with zero attached hydrogens (tertiary/aromatic N) is 1. The van der Waals surface area contributed by atoms with Crippen LogP contribution in [0.2, 0.25) is 5.02 Å². The molecule has 1 N–H and O–H groups in total. The molecule has 2 aromatic carbocycles. The molecule has 1 aromatic heterocycles. The molecule has 0 fully saturated rings. The van der Waals surface area contributed by atoms with Crippen LogP contribution in [-0.4, -0.2) is 32.1 Å². The van der Waals surface area contributed by atoms with Gasteiger partial charge in [-0.05, 0) is 18.2 Å². The minimum absolute atomic E-state index is 0.101. The molecule has 0 radical (unpaired) electrons. The number of hydrogen-bond acceptors (Lipinski definition) is 7. The van der Waals surface area contributed by atoms with Gasteiger partial charge in [-0.25, -0.2) is 0 Å². The molecule has 144 valence electrons. The minimum Gasteiger partial charge on any atom is -0.495 e. The first-order valence-electron chi connectivity index (χ1n) is 8.18. The van der Waals surface area contributed by atoms with Gasteiger partial charge in [-0.15, -0.1) is 0 Å². The van der Waals surface area contributed by atoms with Gasteiger partial charge in [0.1, 0.15) is 11.5 Å². The van der Waals surface area contributed by atoms with Crippen LogP contribution >= 0.6 is 11.6 Å². The molecule has 1 aliphatic rings. The van der Waals surface area contributed by atoms with Crippen LogP contribution < -0.4 is 24.3 Å². The van der Waals surface area contributed by atoms with E-state index in [9.17, 15) is 4.79 Å². The summed E-state index contributed by atoms with van der Waals surface area (Å²) < 4.78 is 26.4. The van der Waals surface area contributed by atoms with Gasteiger partial charge in [-0.2, -0.15) is 0 Å². The highest BCUT2D eigenvalue weighted by Crippen LogP contribution is 2.37. The Labute approximate surface area is 164 Å². The molecular formula is C19H15ClN2O6. The zero-order valence-corrected chi connectivity index (χ0v) is 15.7. The van der Waals surface area contributed by atoms with Crippen LogP contribution in [0.5, 0.6) is 23.0 Å². The van der Waals surface area contributed by atoms with Gasteiger partial charge >= 0.3 is 0 Å². The van der Waals surface area contributed by atoms with Crippen molar-refractivity contribution in [2.24, 2.45) is 0 Å². The second-order valence-electron chi connectivity index (χ2n) is 5.79. The van der Waals surface area contributed by atoms with E-state index in [1.165, 1.54) is 20.3 Å². The van der Waals surface area contributed by atoms with E-state index in [0.29, 0.717) is 45.0 Å². The Kier molecular flexibility index (Phi) is 4.70. The first-order valence-corrected chi connectivity index (χ1v) is 8.56. The number of nitrogens with one attached hydrogen (secondary N) is 1. The van der Waals surface area contributed by atoms with E-state index < -0.39 is 5.91 Å². The van der Waals surface area contributed by atoms with Crippen LogP contribution in [0.3, 0.4) is 0 Å². The van der Waals surface area contributed by atoms with Crippen molar-refractivity contribution in [3.05, 3.63) is 47.1 Å². The maximum atomic E-state index is 12.6. The highest BCUT2D eigenvalue weighted by molar-refractivity contribution is 6.32. The average Bonchev–Trinajstić information content (AvgIpc) is 3.37. The lowest BCUT2D eigenvalue weighted by Gasteiger charge is -2.12. The third-order valence-corrected chi connectivity index (χ3v) is 4.42. The number of amides is 1. The highest BCUT2D eigenvalue weighted by atomic mass is 35.5. The number of carbonyl (C=O) groups excluding carboxylic acids is 1. The molecule has 0 saturated carbocycles. The highest BCUT2D eigenvalue weighted by Gasteiger charge is 2.19. The third-order valence-electron chi connectivity index (χ3n) is 4.12. The van der Waals surface area contributed by atoms with Gasteiger partial charge in [-0.1, -0.05) is 16.8 Å². The number of ether oxygens (including phenoxy) is 4. The fourth-order valence-corrected chi connectivity index (χ4v) is 2.94. The van der Waals surface area contributed by atoms with Crippen LogP contribution in [0, 0.1) is 0 Å². The van der Waals surface area contributed by atoms with E-state index >= 15 is 0 Å². The van der Waals surface area contributed by atoms with Gasteiger partial charge < -0.3 is 28.8 Å². The van der Waals surface area contributed by atoms with Gasteiger partial charge in [0.05, 0.1) is 24.9 Å². The van der Waals surface area contributed by atoms with Gasteiger partial charge in [0.25, 0.3) is 5.91 Å². The summed E-state index contributed by atoms with van der Waals surface area (Å²) in [6, 6.07) is 9.98. The van der Waals surface area contributed by atoms with Gasteiger partial charge in [0.15, 0.2) is 23.0 Å². The topological polar surface area (TPSA) is 92.1 Å². The van der Waals surface area contributed by atoms with E-state index in [2.05, 4.69) is 10.5 Å². The second-order valence-corrected chi connectivity index (χ2v) is 6.19. The fraction of sp³-hybridized carbons (Fsp3) is 0.158. The number of aromatic nitrogens is 1. The summed E-state index contributed by atoms with van der Waals surface area (Å²) in [6.45, 7) is 0.176. The van der Waals surface area contributed by atoms with E-state index in [1.807, 2.05) is 0 Å². The fourth-order valence-electron chi connectivity index (χ4n) is 2.71. The van der Waals surface area contributed by atoms with Crippen molar-refractivity contribution in [2.45, 2.75) is 0 Å². The van der Waals surface area contributed by atoms with Crippen LogP contribution in [0.15, 0.2) is 40.9 Å². The lowest BCUT2D eigenvalue weighted by molar-refractivity contribution is 0.101. The van der Waals surface area contributed by atoms with Crippen LogP contribution in [0.4, 0.5) is 5.69 Å². The van der Waals surface area contributed by atoms with E-state index in [4.69, 9.17) is 35.1 Å². The number of hydrogen-bond donors (Lipinski definition) is 1. The van der Waals surface area contributed by atoms with Crippen molar-refractivity contribution in [3.63, 3.8) is 0 Å². The maximum absolute atomic E-state index is 12.6. The maximum Gasteiger partial charge on any atom is 0.277 e. The van der Waals surface area contributed by atoms with Crippen molar-refractivity contribution >= 4 is 23.2 Å². The number of anilines is 1. The summed E-state index contributed by atoms with van der Waals surface area (Å²) in [5.74, 6) is 2.00. The van der Waals surface area contributed by atoms with E-state index in [-0.39, 0.29) is 12.5 Å². The number of methoxy groups -OCH3 is 2. The zero-order chi connectivity index (χ0) is 19.7. The van der Waals surface area contributed by atoms with Crippen LogP contribution in [0.1, 0.15) is 10.5 Å². The summed E-state index contributed by atoms with van der Waals surface area (Å²) in [6.07, 6.45) is 0. The van der Waals surface area contributed by atoms with Crippen molar-refractivity contribution in [1.82, 2.24) is 5.16 Å². The van der Waals surface area contributed by atoms with E-state index in [0.717, 1.165) is 0 Å². The van der Waals surface area contributed by atoms with Crippen molar-refractivity contribution in [3.8, 4) is 34.3 Å². The quantitative estimate of drug-likeness (QED) is 0.689. The first-order chi connectivity index (χ1) is 13.6. The standard InChI is InChI=1S/C19H15ClN2O6/c1-24-16-7-12(17(25-2)6-11(16)20)21-19(23)13-8-15(28-22-13)10-3-4-14-18(5-10)27-9-26-14/h3-8H,9H2,1-2H3,(H,21,23). The Hall–Kier alpha value is -3.39. The Balaban J connectivity index is 1.57. The molecule has 0 aliphatic carbocycles. The molecular weight excluding hydrogens is 388 g/mol. The Morgan fingerprint density at radius 3 is 2.64 bits per heavy atom. The molecule has 3 aromatic rings. The second kappa shape index (κ2) is 7.32. The Morgan fingerprint density at radius 2 is 1.86 bits per heavy atom. The first kappa shape index (κ1) is 18.0. The Bertz CT molecular complexity index is 1050. The summed E-state index contributed by atoms with van der Waals surface area (Å²) >= 11 is 6.08. The molecule has 0 bridgehead atoms. The molecule has 9 heteroatoms. The summed E-state index contributed by atoms with van der Waals surface area (Å²) in [5, 5.41) is 6.92. The minimum atomic E-state index is -0.474. The number of carbonyl (C=O) groups is 1. The van der Waals surface area contributed by atoms with Gasteiger partial charge in [0, 0.05) is 23.8 Å². The summed E-state index contributed by atoms with van der Waals surface area (Å²) in [4.78, 5) is 12.6. The predicted octanol–water partition coefficient (Wildman–Crippen LogP) is 3.99. The number of halogens is 1. The lowest BCUT2D eigenvalue weighted by atomic mass is 10.1. The molecule has 0 saturated heterocycles. The summed E-state index contributed by atoms with van der Waals surface area (Å²) in [7, 11) is 2.95. The third kappa shape index (κ3) is 3.29. The molecule has 1 amide bonds. The van der Waals surface area contributed by atoms with Gasteiger partial charge in [0.2, 0.25) is 6.79 Å². The predicted molar refractivity (Wildman–Crippen MR) is 101 cm³/mol. The molecule has 2 heterocycles. The number of benzene rings is 2. The molecule has 4 rings (SSSR count). The monoisotopic (exact) mass is 402 g/mol. The smallest absolute Gasteiger partial charge is 0.277 e. The zero-order valence-electron chi connectivity index (χ0n) is 14.9. The average molecular weight is 403 g/mol. The van der Waals surface area contributed by atoms with Crippen LogP contribution in [0.25, 0.3) is 11.3 Å². The van der Waals surface area contributed by atoms with Gasteiger partial charge in [-0.3, -0.25) is 4.79 Å². The largest absolute Gasteiger partial charge is 0.495 e. The SMILES string of the molecule is COc1cc(NC(=O)c2cc(-c3ccc4c(c3)OCO4)on2)c(OC)cc1Cl. The molecule has 8 nitrogen and oxygen atoms in total. The Morgan fingerprint density at radius 1 is 1.07 bits per heavy atom. The van der Waals surface area contributed by atoms with Crippen LogP contribution in [-0.2, 0) is 0 Å². The van der Waals surface area contributed by atoms with Crippen molar-refractivity contribution in [1.29, 1.82) is 0 Å². The number of rotatable bonds is 5. The summed E-state index contributed by atoms with van der Waals surface area (Å²) in [5.41, 5.74) is 1.20. The lowest BCUT2D eigenvalue weighted by Crippen LogP contribution is -2.13. The van der Waals surface area contributed by atoms with Crippen molar-refractivity contribution in [2.75, 3.05) is 26.3 Å². The van der Waals surface area contributed by atoms with Crippen molar-refractivity contribution < 1.29 is 28.3 Å². The molecule has 0 atom stereocenters. The molecule has 28 heavy (non-hydrogen) atoms. The molecule has 1 aliphatic heterocycles. The van der Waals surface area contributed by atoms with E-state index in [1.54, 1.807) is 30.3 Å².